The summed E-state index contributed by atoms with van der Waals surface area (Å²) < 4.78 is 11.8. The summed E-state index contributed by atoms with van der Waals surface area (Å²) in [5.74, 6) is -1.70. The molecule has 2 unspecified atom stereocenters. The summed E-state index contributed by atoms with van der Waals surface area (Å²) in [6.45, 7) is 3.70. The van der Waals surface area contributed by atoms with Crippen LogP contribution in [0.4, 0.5) is 5.69 Å². The van der Waals surface area contributed by atoms with Gasteiger partial charge in [-0.05, 0) is 24.6 Å². The molecule has 0 radical (unpaired) electrons. The number of halogens is 1. The number of carbonyl (C=O) groups is 2. The first-order chi connectivity index (χ1) is 9.35. The zero-order valence-electron chi connectivity index (χ0n) is 11.2. The Hall–Kier alpha value is -1.40. The zero-order chi connectivity index (χ0) is 15.3. The van der Waals surface area contributed by atoms with Crippen molar-refractivity contribution in [2.75, 3.05) is 11.1 Å². The number of aromatic carboxylic acids is 1. The second-order valence-electron chi connectivity index (χ2n) is 4.29. The molecule has 5 nitrogen and oxygen atoms in total. The molecular formula is C13H16ClNO4S. The van der Waals surface area contributed by atoms with Crippen LogP contribution < -0.4 is 5.32 Å². The monoisotopic (exact) mass is 317 g/mol. The number of hydrogen-bond donors (Lipinski definition) is 2. The molecule has 0 fully saturated rings. The number of carboxylic acid groups (broad SMARTS) is 1. The van der Waals surface area contributed by atoms with Gasteiger partial charge in [-0.1, -0.05) is 25.4 Å². The average Bonchev–Trinajstić information content (AvgIpc) is 2.39. The van der Waals surface area contributed by atoms with Crippen molar-refractivity contribution < 1.29 is 18.9 Å². The summed E-state index contributed by atoms with van der Waals surface area (Å²) in [5, 5.41) is 11.5. The molecule has 0 aliphatic heterocycles. The quantitative estimate of drug-likeness (QED) is 0.844. The van der Waals surface area contributed by atoms with Gasteiger partial charge in [0.25, 0.3) is 0 Å². The minimum Gasteiger partial charge on any atom is -0.478 e. The maximum atomic E-state index is 11.8. The fraction of sp³-hybridized carbons (Fsp3) is 0.385. The normalized spacial score (nSPS) is 13.6. The maximum absolute atomic E-state index is 11.8. The van der Waals surface area contributed by atoms with Gasteiger partial charge >= 0.3 is 5.97 Å². The molecule has 2 atom stereocenters. The Kier molecular flexibility index (Phi) is 6.16. The maximum Gasteiger partial charge on any atom is 0.335 e. The first-order valence-corrected chi connectivity index (χ1v) is 7.81. The number of carboxylic acids is 1. The number of amides is 1. The lowest BCUT2D eigenvalue weighted by Gasteiger charge is -2.10. The van der Waals surface area contributed by atoms with Crippen LogP contribution in [0.1, 0.15) is 30.6 Å². The van der Waals surface area contributed by atoms with E-state index in [4.69, 9.17) is 16.7 Å². The van der Waals surface area contributed by atoms with E-state index in [0.29, 0.717) is 0 Å². The topological polar surface area (TPSA) is 83.5 Å². The van der Waals surface area contributed by atoms with Gasteiger partial charge in [-0.2, -0.15) is 0 Å². The highest BCUT2D eigenvalue weighted by molar-refractivity contribution is 7.86. The predicted molar refractivity (Wildman–Crippen MR) is 79.8 cm³/mol. The second-order valence-corrected chi connectivity index (χ2v) is 6.55. The van der Waals surface area contributed by atoms with Crippen LogP contribution in [-0.4, -0.2) is 32.2 Å². The van der Waals surface area contributed by atoms with Crippen LogP contribution in [0.3, 0.4) is 0 Å². The van der Waals surface area contributed by atoms with Crippen LogP contribution in [0.25, 0.3) is 0 Å². The van der Waals surface area contributed by atoms with Gasteiger partial charge < -0.3 is 10.4 Å². The largest absolute Gasteiger partial charge is 0.478 e. The van der Waals surface area contributed by atoms with E-state index in [1.54, 1.807) is 6.92 Å². The number of hydrogen-bond acceptors (Lipinski definition) is 3. The Morgan fingerprint density at radius 1 is 1.45 bits per heavy atom. The molecule has 20 heavy (non-hydrogen) atoms. The van der Waals surface area contributed by atoms with Crippen molar-refractivity contribution in [2.24, 2.45) is 0 Å². The summed E-state index contributed by atoms with van der Waals surface area (Å²) >= 11 is 5.89. The summed E-state index contributed by atoms with van der Waals surface area (Å²) in [4.78, 5) is 22.6. The van der Waals surface area contributed by atoms with Gasteiger partial charge in [0.1, 0.15) is 5.75 Å². The Morgan fingerprint density at radius 3 is 2.65 bits per heavy atom. The van der Waals surface area contributed by atoms with E-state index in [1.807, 2.05) is 6.92 Å². The van der Waals surface area contributed by atoms with Gasteiger partial charge in [-0.3, -0.25) is 9.00 Å². The second kappa shape index (κ2) is 7.40. The Bertz CT molecular complexity index is 547. The predicted octanol–water partition coefficient (Wildman–Crippen LogP) is 2.52. The van der Waals surface area contributed by atoms with Crippen molar-refractivity contribution in [1.29, 1.82) is 0 Å². The number of anilines is 1. The molecule has 0 bridgehead atoms. The minimum absolute atomic E-state index is 0.0211. The summed E-state index contributed by atoms with van der Waals surface area (Å²) in [6, 6.07) is 4.01. The smallest absolute Gasteiger partial charge is 0.335 e. The average molecular weight is 318 g/mol. The van der Waals surface area contributed by atoms with Crippen molar-refractivity contribution in [1.82, 2.24) is 0 Å². The fourth-order valence-electron chi connectivity index (χ4n) is 1.40. The van der Waals surface area contributed by atoms with Crippen molar-refractivity contribution in [3.05, 3.63) is 28.8 Å². The SMILES string of the molecule is CCC(C)S(=O)CC(=O)Nc1cc(C(=O)O)ccc1Cl. The molecule has 110 valence electrons. The van der Waals surface area contributed by atoms with E-state index in [0.717, 1.165) is 6.42 Å². The lowest BCUT2D eigenvalue weighted by molar-refractivity contribution is -0.113. The molecule has 1 aromatic carbocycles. The third-order valence-corrected chi connectivity index (χ3v) is 4.89. The third kappa shape index (κ3) is 4.61. The van der Waals surface area contributed by atoms with Gasteiger partial charge in [0.15, 0.2) is 0 Å². The number of benzene rings is 1. The highest BCUT2D eigenvalue weighted by atomic mass is 35.5. The standard InChI is InChI=1S/C13H16ClNO4S/c1-3-8(2)20(19)7-12(16)15-11-6-9(13(17)18)4-5-10(11)14/h4-6,8H,3,7H2,1-2H3,(H,15,16)(H,17,18). The van der Waals surface area contributed by atoms with Crippen LogP contribution >= 0.6 is 11.6 Å². The highest BCUT2D eigenvalue weighted by Crippen LogP contribution is 2.23. The van der Waals surface area contributed by atoms with Crippen molar-refractivity contribution in [3.63, 3.8) is 0 Å². The number of nitrogens with one attached hydrogen (secondary N) is 1. The van der Waals surface area contributed by atoms with Crippen molar-refractivity contribution >= 4 is 40.0 Å². The lowest BCUT2D eigenvalue weighted by atomic mass is 10.2. The molecule has 0 saturated heterocycles. The molecule has 0 aliphatic carbocycles. The summed E-state index contributed by atoms with van der Waals surface area (Å²) in [6.07, 6.45) is 0.717. The van der Waals surface area contributed by atoms with Crippen LogP contribution in [0.2, 0.25) is 5.02 Å². The number of rotatable bonds is 6. The molecule has 0 spiro atoms. The Balaban J connectivity index is 2.78. The first-order valence-electron chi connectivity index (χ1n) is 6.05. The summed E-state index contributed by atoms with van der Waals surface area (Å²) in [7, 11) is -1.26. The Morgan fingerprint density at radius 2 is 2.10 bits per heavy atom. The zero-order valence-corrected chi connectivity index (χ0v) is 12.8. The van der Waals surface area contributed by atoms with Crippen molar-refractivity contribution in [3.8, 4) is 0 Å². The molecule has 1 aromatic rings. The van der Waals surface area contributed by atoms with Crippen LogP contribution in [0.15, 0.2) is 18.2 Å². The van der Waals surface area contributed by atoms with E-state index in [1.165, 1.54) is 18.2 Å². The van der Waals surface area contributed by atoms with Gasteiger partial charge in [0.05, 0.1) is 16.3 Å². The van der Waals surface area contributed by atoms with E-state index in [-0.39, 0.29) is 27.3 Å². The highest BCUT2D eigenvalue weighted by Gasteiger charge is 2.15. The molecule has 1 rings (SSSR count). The van der Waals surface area contributed by atoms with Crippen molar-refractivity contribution in [2.45, 2.75) is 25.5 Å². The third-order valence-electron chi connectivity index (χ3n) is 2.78. The van der Waals surface area contributed by atoms with Gasteiger partial charge in [-0.15, -0.1) is 0 Å². The lowest BCUT2D eigenvalue weighted by Crippen LogP contribution is -2.24. The van der Waals surface area contributed by atoms with Gasteiger partial charge in [0.2, 0.25) is 5.91 Å². The first kappa shape index (κ1) is 16.7. The van der Waals surface area contributed by atoms with Gasteiger partial charge in [-0.25, -0.2) is 4.79 Å². The molecule has 2 N–H and O–H groups in total. The van der Waals surface area contributed by atoms with Crippen LogP contribution in [0, 0.1) is 0 Å². The molecule has 0 saturated carbocycles. The van der Waals surface area contributed by atoms with E-state index in [2.05, 4.69) is 5.32 Å². The van der Waals surface area contributed by atoms with Crippen LogP contribution in [0.5, 0.6) is 0 Å². The molecule has 0 heterocycles. The summed E-state index contributed by atoms with van der Waals surface area (Å²) in [5.41, 5.74) is 0.227. The molecule has 0 aliphatic rings. The van der Waals surface area contributed by atoms with Crippen LogP contribution in [-0.2, 0) is 15.6 Å². The van der Waals surface area contributed by atoms with E-state index >= 15 is 0 Å². The fourth-order valence-corrected chi connectivity index (χ4v) is 2.55. The molecule has 0 aromatic heterocycles. The Labute approximate surface area is 124 Å². The van der Waals surface area contributed by atoms with Gasteiger partial charge in [0, 0.05) is 16.0 Å². The minimum atomic E-state index is -1.26. The molecular weight excluding hydrogens is 302 g/mol. The van der Waals surface area contributed by atoms with E-state index < -0.39 is 22.7 Å². The molecule has 7 heteroatoms. The van der Waals surface area contributed by atoms with E-state index in [9.17, 15) is 13.8 Å². The molecule has 1 amide bonds. The number of carbonyl (C=O) groups excluding carboxylic acids is 1.